The molecular weight excluding hydrogens is 507 g/mol. The number of carboxylic acids is 2. The van der Waals surface area contributed by atoms with Crippen LogP contribution in [0, 0.1) is 17.5 Å². The largest absolute Gasteiger partial charge is 0.478 e. The highest BCUT2D eigenvalue weighted by atomic mass is 35.5. The summed E-state index contributed by atoms with van der Waals surface area (Å²) in [6.07, 6.45) is -0.367. The van der Waals surface area contributed by atoms with Crippen molar-refractivity contribution < 1.29 is 42.6 Å². The minimum Gasteiger partial charge on any atom is -0.478 e. The first kappa shape index (κ1) is 28.6. The highest BCUT2D eigenvalue weighted by Crippen LogP contribution is 2.18. The fraction of sp³-hybridized carbons (Fsp3) is 0.304. The molecule has 4 N–H and O–H groups in total. The first-order chi connectivity index (χ1) is 16.5. The molecule has 194 valence electrons. The maximum atomic E-state index is 13.8. The number of amides is 2. The van der Waals surface area contributed by atoms with Crippen LogP contribution in [0.1, 0.15) is 43.1 Å². The number of hydrogen-bond acceptors (Lipinski definition) is 5. The Labute approximate surface area is 209 Å². The molecule has 0 unspecified atom stereocenters. The Morgan fingerprint density at radius 3 is 1.78 bits per heavy atom. The molecule has 9 nitrogen and oxygen atoms in total. The number of carbonyl (C=O) groups excluding carboxylic acids is 2. The van der Waals surface area contributed by atoms with Crippen LogP contribution in [0.3, 0.4) is 0 Å². The zero-order valence-corrected chi connectivity index (χ0v) is 19.6. The maximum absolute atomic E-state index is 13.8. The minimum absolute atomic E-state index is 0. The molecule has 13 heteroatoms. The van der Waals surface area contributed by atoms with Gasteiger partial charge in [-0.05, 0) is 36.2 Å². The predicted octanol–water partition coefficient (Wildman–Crippen LogP) is 2.17. The fourth-order valence-electron chi connectivity index (χ4n) is 3.77. The summed E-state index contributed by atoms with van der Waals surface area (Å²) < 4.78 is 40.3. The van der Waals surface area contributed by atoms with Gasteiger partial charge in [0.1, 0.15) is 5.82 Å². The molecule has 2 aromatic rings. The number of nitrogens with two attached hydrogens (primary N) is 1. The molecule has 0 aromatic heterocycles. The predicted molar refractivity (Wildman–Crippen MR) is 123 cm³/mol. The molecule has 0 saturated carbocycles. The number of rotatable bonds is 7. The second kappa shape index (κ2) is 11.9. The van der Waals surface area contributed by atoms with Gasteiger partial charge in [-0.2, -0.15) is 0 Å². The van der Waals surface area contributed by atoms with E-state index in [1.807, 2.05) is 0 Å². The van der Waals surface area contributed by atoms with Crippen LogP contribution < -0.4 is 5.73 Å². The molecular formula is C23H23ClF3N3O6. The summed E-state index contributed by atoms with van der Waals surface area (Å²) in [4.78, 5) is 50.7. The SMILES string of the molecule is Cl.N[C@@H](CC(=O)N1CCN(C(=O)c2cc(C(=O)O)cc(C(=O)O)c2)CC1)Cc1cc(F)c(F)cc1F. The fourth-order valence-corrected chi connectivity index (χ4v) is 3.77. The Morgan fingerprint density at radius 1 is 0.778 bits per heavy atom. The van der Waals surface area contributed by atoms with Gasteiger partial charge in [-0.1, -0.05) is 0 Å². The molecule has 1 aliphatic heterocycles. The average Bonchev–Trinajstić information content (AvgIpc) is 2.81. The lowest BCUT2D eigenvalue weighted by Crippen LogP contribution is -2.51. The topological polar surface area (TPSA) is 141 Å². The van der Waals surface area contributed by atoms with E-state index in [1.54, 1.807) is 0 Å². The lowest BCUT2D eigenvalue weighted by molar-refractivity contribution is -0.133. The van der Waals surface area contributed by atoms with Gasteiger partial charge >= 0.3 is 11.9 Å². The van der Waals surface area contributed by atoms with Crippen LogP contribution in [0.15, 0.2) is 30.3 Å². The van der Waals surface area contributed by atoms with Gasteiger partial charge < -0.3 is 25.7 Å². The number of carbonyl (C=O) groups is 4. The van der Waals surface area contributed by atoms with E-state index < -0.39 is 41.3 Å². The van der Waals surface area contributed by atoms with Gasteiger partial charge in [-0.3, -0.25) is 9.59 Å². The number of piperazine rings is 1. The lowest BCUT2D eigenvalue weighted by Gasteiger charge is -2.35. The number of benzene rings is 2. The lowest BCUT2D eigenvalue weighted by atomic mass is 10.0. The third kappa shape index (κ3) is 6.73. The van der Waals surface area contributed by atoms with E-state index in [-0.39, 0.29) is 79.6 Å². The average molecular weight is 530 g/mol. The van der Waals surface area contributed by atoms with Crippen molar-refractivity contribution in [2.24, 2.45) is 5.73 Å². The van der Waals surface area contributed by atoms with Gasteiger partial charge in [0, 0.05) is 50.3 Å². The van der Waals surface area contributed by atoms with Gasteiger partial charge in [0.25, 0.3) is 5.91 Å². The number of halogens is 4. The van der Waals surface area contributed by atoms with E-state index in [2.05, 4.69) is 0 Å². The van der Waals surface area contributed by atoms with Crippen LogP contribution in [0.5, 0.6) is 0 Å². The minimum atomic E-state index is -1.38. The zero-order valence-electron chi connectivity index (χ0n) is 18.7. The quantitative estimate of drug-likeness (QED) is 0.467. The molecule has 1 heterocycles. The van der Waals surface area contributed by atoms with Gasteiger partial charge in [-0.15, -0.1) is 12.4 Å². The third-order valence-corrected chi connectivity index (χ3v) is 5.60. The highest BCUT2D eigenvalue weighted by Gasteiger charge is 2.27. The molecule has 0 radical (unpaired) electrons. The summed E-state index contributed by atoms with van der Waals surface area (Å²) in [6, 6.07) is 3.40. The first-order valence-electron chi connectivity index (χ1n) is 10.5. The molecule has 36 heavy (non-hydrogen) atoms. The second-order valence-electron chi connectivity index (χ2n) is 8.11. The summed E-state index contributed by atoms with van der Waals surface area (Å²) in [5.41, 5.74) is 4.98. The van der Waals surface area contributed by atoms with Gasteiger partial charge in [0.2, 0.25) is 5.91 Å². The van der Waals surface area contributed by atoms with Crippen molar-refractivity contribution in [1.82, 2.24) is 9.80 Å². The van der Waals surface area contributed by atoms with Crippen LogP contribution in [-0.2, 0) is 11.2 Å². The van der Waals surface area contributed by atoms with Crippen molar-refractivity contribution in [3.8, 4) is 0 Å². The Balaban J connectivity index is 0.00000456. The Morgan fingerprint density at radius 2 is 1.25 bits per heavy atom. The van der Waals surface area contributed by atoms with Crippen molar-refractivity contribution in [3.63, 3.8) is 0 Å². The summed E-state index contributed by atoms with van der Waals surface area (Å²) in [5.74, 6) is -7.20. The van der Waals surface area contributed by atoms with Crippen LogP contribution >= 0.6 is 12.4 Å². The maximum Gasteiger partial charge on any atom is 0.335 e. The monoisotopic (exact) mass is 529 g/mol. The Kier molecular flexibility index (Phi) is 9.42. The number of nitrogens with zero attached hydrogens (tertiary/aromatic N) is 2. The number of carboxylic acid groups (broad SMARTS) is 2. The molecule has 0 bridgehead atoms. The van der Waals surface area contributed by atoms with E-state index in [0.717, 1.165) is 18.2 Å². The number of hydrogen-bond donors (Lipinski definition) is 3. The molecule has 1 aliphatic rings. The van der Waals surface area contributed by atoms with Crippen LogP contribution in [-0.4, -0.2) is 76.0 Å². The van der Waals surface area contributed by atoms with Gasteiger partial charge in [0.15, 0.2) is 11.6 Å². The van der Waals surface area contributed by atoms with Crippen LogP contribution in [0.25, 0.3) is 0 Å². The highest BCUT2D eigenvalue weighted by molar-refractivity contribution is 6.01. The van der Waals surface area contributed by atoms with E-state index in [4.69, 9.17) is 5.73 Å². The molecule has 2 aromatic carbocycles. The molecule has 1 atom stereocenters. The van der Waals surface area contributed by atoms with Crippen molar-refractivity contribution in [1.29, 1.82) is 0 Å². The van der Waals surface area contributed by atoms with Gasteiger partial charge in [-0.25, -0.2) is 22.8 Å². The molecule has 1 saturated heterocycles. The molecule has 0 aliphatic carbocycles. The van der Waals surface area contributed by atoms with Crippen molar-refractivity contribution in [3.05, 3.63) is 70.0 Å². The van der Waals surface area contributed by atoms with Crippen LogP contribution in [0.2, 0.25) is 0 Å². The summed E-state index contributed by atoms with van der Waals surface area (Å²) in [7, 11) is 0. The van der Waals surface area contributed by atoms with E-state index >= 15 is 0 Å². The second-order valence-corrected chi connectivity index (χ2v) is 8.11. The first-order valence-corrected chi connectivity index (χ1v) is 10.5. The van der Waals surface area contributed by atoms with Crippen molar-refractivity contribution in [2.45, 2.75) is 18.9 Å². The Hall–Kier alpha value is -3.64. The summed E-state index contributed by atoms with van der Waals surface area (Å²) >= 11 is 0. The number of aromatic carboxylic acids is 2. The molecule has 0 spiro atoms. The molecule has 3 rings (SSSR count). The zero-order chi connectivity index (χ0) is 25.9. The summed E-state index contributed by atoms with van der Waals surface area (Å²) in [6.45, 7) is 0.497. The van der Waals surface area contributed by atoms with Crippen LogP contribution in [0.4, 0.5) is 13.2 Å². The normalized spacial score (nSPS) is 14.1. The summed E-state index contributed by atoms with van der Waals surface area (Å²) in [5, 5.41) is 18.4. The van der Waals surface area contributed by atoms with Crippen molar-refractivity contribution >= 4 is 36.2 Å². The standard InChI is InChI=1S/C23H22F3N3O6.ClH/c24-17-11-19(26)18(25)9-12(17)8-16(27)10-20(30)28-1-3-29(4-2-28)21(31)13-5-14(22(32)33)7-15(6-13)23(34)35;/h5-7,9,11,16H,1-4,8,10,27H2,(H,32,33)(H,34,35);1H/t16-;/m1./s1. The van der Waals surface area contributed by atoms with E-state index in [1.165, 1.54) is 9.80 Å². The molecule has 2 amide bonds. The smallest absolute Gasteiger partial charge is 0.335 e. The van der Waals surface area contributed by atoms with E-state index in [9.17, 15) is 42.6 Å². The van der Waals surface area contributed by atoms with Gasteiger partial charge in [0.05, 0.1) is 11.1 Å². The Bertz CT molecular complexity index is 1160. The van der Waals surface area contributed by atoms with E-state index in [0.29, 0.717) is 12.1 Å². The third-order valence-electron chi connectivity index (χ3n) is 5.60. The van der Waals surface area contributed by atoms with Crippen molar-refractivity contribution in [2.75, 3.05) is 26.2 Å². The molecule has 1 fully saturated rings.